The average Bonchev–Trinajstić information content (AvgIpc) is 3.28. The van der Waals surface area contributed by atoms with Crippen LogP contribution >= 0.6 is 7.82 Å². The Balaban J connectivity index is 3.86. The van der Waals surface area contributed by atoms with E-state index in [1.54, 1.807) is 0 Å². The van der Waals surface area contributed by atoms with Crippen molar-refractivity contribution in [1.82, 2.24) is 5.32 Å². The summed E-state index contributed by atoms with van der Waals surface area (Å²) in [7, 11) is 1.31. The van der Waals surface area contributed by atoms with E-state index in [-0.39, 0.29) is 19.1 Å². The first kappa shape index (κ1) is 65.0. The third kappa shape index (κ3) is 50.8. The molecule has 0 radical (unpaired) electrons. The first-order valence-corrected chi connectivity index (χ1v) is 30.1. The Morgan fingerprint density at radius 3 is 1.26 bits per heavy atom. The van der Waals surface area contributed by atoms with Crippen molar-refractivity contribution in [3.63, 3.8) is 0 Å². The summed E-state index contributed by atoms with van der Waals surface area (Å²) < 4.78 is 23.3. The maximum atomic E-state index is 12.9. The highest BCUT2D eigenvalue weighted by atomic mass is 31.2. The summed E-state index contributed by atoms with van der Waals surface area (Å²) >= 11 is 0. The van der Waals surface area contributed by atoms with Crippen LogP contribution in [0.25, 0.3) is 0 Å². The van der Waals surface area contributed by atoms with Gasteiger partial charge in [-0.15, -0.1) is 0 Å². The summed E-state index contributed by atoms with van der Waals surface area (Å²) in [4.78, 5) is 25.4. The van der Waals surface area contributed by atoms with Crippen molar-refractivity contribution < 1.29 is 32.9 Å². The highest BCUT2D eigenvalue weighted by molar-refractivity contribution is 7.45. The first-order chi connectivity index (χ1) is 32.0. The Kier molecular flexibility index (Phi) is 48.2. The van der Waals surface area contributed by atoms with Gasteiger partial charge in [-0.05, 0) is 44.9 Å². The fourth-order valence-electron chi connectivity index (χ4n) is 8.66. The molecule has 3 unspecified atom stereocenters. The molecule has 0 aromatic rings. The molecule has 0 aliphatic heterocycles. The smallest absolute Gasteiger partial charge is 0.268 e. The highest BCUT2D eigenvalue weighted by Crippen LogP contribution is 2.38. The molecule has 0 aromatic heterocycles. The number of amides is 1. The van der Waals surface area contributed by atoms with Crippen molar-refractivity contribution in [2.75, 3.05) is 40.9 Å². The summed E-state index contributed by atoms with van der Waals surface area (Å²) in [6.07, 6.45) is 61.0. The molecular weight excluding hydrogens is 840 g/mol. The SMILES string of the molecule is CCCCCCCCCCCCC/C=C\C/C=C\CCCCCCCCCCCCCCCCCCCC(=O)NC(COP(=O)([O-])OCC[N+](C)(C)C)C(O)CCCCCCCCCCC. The van der Waals surface area contributed by atoms with Crippen LogP contribution in [0, 0.1) is 0 Å². The number of quaternary nitrogens is 1. The lowest BCUT2D eigenvalue weighted by atomic mass is 10.0. The van der Waals surface area contributed by atoms with E-state index < -0.39 is 20.0 Å². The third-order valence-electron chi connectivity index (χ3n) is 13.2. The molecule has 0 heterocycles. The fraction of sp³-hybridized carbons (Fsp3) is 0.912. The number of carbonyl (C=O) groups excluding carboxylic acids is 1. The van der Waals surface area contributed by atoms with E-state index in [4.69, 9.17) is 9.05 Å². The minimum Gasteiger partial charge on any atom is -0.756 e. The lowest BCUT2D eigenvalue weighted by molar-refractivity contribution is -0.870. The van der Waals surface area contributed by atoms with E-state index in [0.29, 0.717) is 23.9 Å². The summed E-state index contributed by atoms with van der Waals surface area (Å²) in [5.41, 5.74) is 0. The molecule has 1 amide bonds. The summed E-state index contributed by atoms with van der Waals surface area (Å²) in [6.45, 7) is 4.72. The maximum Gasteiger partial charge on any atom is 0.268 e. The number of rotatable bonds is 53. The lowest BCUT2D eigenvalue weighted by Crippen LogP contribution is -2.46. The van der Waals surface area contributed by atoms with Crippen LogP contribution in [0.4, 0.5) is 0 Å². The molecule has 3 atom stereocenters. The molecule has 0 aliphatic rings. The summed E-state index contributed by atoms with van der Waals surface area (Å²) in [6, 6.07) is -0.796. The van der Waals surface area contributed by atoms with Gasteiger partial charge in [-0.2, -0.15) is 0 Å². The van der Waals surface area contributed by atoms with Gasteiger partial charge in [0.15, 0.2) is 0 Å². The number of aliphatic hydroxyl groups is 1. The van der Waals surface area contributed by atoms with E-state index in [9.17, 15) is 19.4 Å². The van der Waals surface area contributed by atoms with Gasteiger partial charge < -0.3 is 28.8 Å². The molecule has 0 fully saturated rings. The van der Waals surface area contributed by atoms with E-state index in [2.05, 4.69) is 43.5 Å². The fourth-order valence-corrected chi connectivity index (χ4v) is 9.38. The van der Waals surface area contributed by atoms with Crippen LogP contribution in [0.2, 0.25) is 0 Å². The van der Waals surface area contributed by atoms with Gasteiger partial charge in [0.1, 0.15) is 13.2 Å². The molecule has 0 saturated heterocycles. The number of phosphoric acid groups is 1. The topological polar surface area (TPSA) is 108 Å². The Bertz CT molecular complexity index is 1130. The predicted octanol–water partition coefficient (Wildman–Crippen LogP) is 16.6. The van der Waals surface area contributed by atoms with E-state index >= 15 is 0 Å². The second-order valence-electron chi connectivity index (χ2n) is 21.0. The van der Waals surface area contributed by atoms with Gasteiger partial charge in [-0.25, -0.2) is 0 Å². The van der Waals surface area contributed by atoms with Gasteiger partial charge in [-0.1, -0.05) is 256 Å². The molecular formula is C57H113N2O6P. The zero-order chi connectivity index (χ0) is 48.5. The van der Waals surface area contributed by atoms with Crippen LogP contribution in [-0.2, 0) is 18.4 Å². The van der Waals surface area contributed by atoms with E-state index in [1.165, 1.54) is 212 Å². The second kappa shape index (κ2) is 49.0. The molecule has 0 rings (SSSR count). The van der Waals surface area contributed by atoms with E-state index in [0.717, 1.165) is 44.9 Å². The van der Waals surface area contributed by atoms with Crippen LogP contribution in [0.3, 0.4) is 0 Å². The van der Waals surface area contributed by atoms with Crippen molar-refractivity contribution >= 4 is 13.7 Å². The van der Waals surface area contributed by atoms with E-state index in [1.807, 2.05) is 21.1 Å². The van der Waals surface area contributed by atoms with Gasteiger partial charge in [0.05, 0.1) is 39.9 Å². The van der Waals surface area contributed by atoms with Crippen LogP contribution in [0.15, 0.2) is 24.3 Å². The van der Waals surface area contributed by atoms with Crippen LogP contribution in [-0.4, -0.2) is 68.5 Å². The number of phosphoric ester groups is 1. The van der Waals surface area contributed by atoms with Crippen molar-refractivity contribution in [3.05, 3.63) is 24.3 Å². The number of likely N-dealkylation sites (N-methyl/N-ethyl adjacent to an activating group) is 1. The lowest BCUT2D eigenvalue weighted by Gasteiger charge is -2.30. The van der Waals surface area contributed by atoms with Crippen molar-refractivity contribution in [1.29, 1.82) is 0 Å². The third-order valence-corrected chi connectivity index (χ3v) is 14.2. The Hall–Kier alpha value is -1.02. The minimum absolute atomic E-state index is 0.0137. The van der Waals surface area contributed by atoms with Crippen molar-refractivity contribution in [2.45, 2.75) is 296 Å². The Morgan fingerprint density at radius 1 is 0.530 bits per heavy atom. The molecule has 9 heteroatoms. The highest BCUT2D eigenvalue weighted by Gasteiger charge is 2.24. The Labute approximate surface area is 411 Å². The van der Waals surface area contributed by atoms with Gasteiger partial charge in [0.2, 0.25) is 5.91 Å². The Morgan fingerprint density at radius 2 is 0.879 bits per heavy atom. The number of unbranched alkanes of at least 4 members (excludes halogenated alkanes) is 36. The number of hydrogen-bond acceptors (Lipinski definition) is 6. The van der Waals surface area contributed by atoms with Crippen molar-refractivity contribution in [2.24, 2.45) is 0 Å². The summed E-state index contributed by atoms with van der Waals surface area (Å²) in [5, 5.41) is 13.9. The first-order valence-electron chi connectivity index (χ1n) is 28.7. The van der Waals surface area contributed by atoms with Gasteiger partial charge in [-0.3, -0.25) is 9.36 Å². The molecule has 0 bridgehead atoms. The zero-order valence-electron chi connectivity index (χ0n) is 44.7. The minimum atomic E-state index is -4.56. The maximum absolute atomic E-state index is 12.9. The number of nitrogens with one attached hydrogen (secondary N) is 1. The number of aliphatic hydroxyl groups excluding tert-OH is 1. The molecule has 392 valence electrons. The number of allylic oxidation sites excluding steroid dienone is 4. The normalized spacial score (nSPS) is 14.1. The second-order valence-corrected chi connectivity index (χ2v) is 22.4. The molecule has 0 saturated carbocycles. The molecule has 66 heavy (non-hydrogen) atoms. The summed E-state index contributed by atoms with van der Waals surface area (Å²) in [5.74, 6) is -0.164. The standard InChI is InChI=1S/C57H113N2O6P/c1-6-8-10-12-14-16-17-18-19-20-21-22-23-24-25-26-27-28-29-30-31-32-33-34-35-36-37-38-39-40-41-43-45-47-49-51-57(61)58-55(54-65-66(62,63)64-53-52-59(3,4)5)56(60)50-48-46-44-42-15-13-11-9-7-2/h23-24,26-27,55-56,60H,6-22,25,28-54H2,1-5H3,(H-,58,61,62,63)/b24-23-,27-26-. The van der Waals surface area contributed by atoms with Crippen LogP contribution in [0.1, 0.15) is 284 Å². The molecule has 0 aromatic carbocycles. The molecule has 8 nitrogen and oxygen atoms in total. The van der Waals surface area contributed by atoms with Gasteiger partial charge >= 0.3 is 0 Å². The average molecular weight is 954 g/mol. The van der Waals surface area contributed by atoms with Gasteiger partial charge in [0, 0.05) is 6.42 Å². The molecule has 0 spiro atoms. The number of carbonyl (C=O) groups is 1. The number of nitrogens with zero attached hydrogens (tertiary/aromatic N) is 1. The zero-order valence-corrected chi connectivity index (χ0v) is 45.6. The largest absolute Gasteiger partial charge is 0.756 e. The van der Waals surface area contributed by atoms with Gasteiger partial charge in [0.25, 0.3) is 7.82 Å². The quantitative estimate of drug-likeness (QED) is 0.0272. The van der Waals surface area contributed by atoms with Crippen molar-refractivity contribution in [3.8, 4) is 0 Å². The molecule has 0 aliphatic carbocycles. The number of hydrogen-bond donors (Lipinski definition) is 2. The molecule has 2 N–H and O–H groups in total. The predicted molar refractivity (Wildman–Crippen MR) is 284 cm³/mol. The van der Waals surface area contributed by atoms with Crippen LogP contribution in [0.5, 0.6) is 0 Å². The monoisotopic (exact) mass is 953 g/mol. The van der Waals surface area contributed by atoms with Crippen LogP contribution < -0.4 is 10.2 Å².